The topological polar surface area (TPSA) is 76.1 Å². The molecule has 1 unspecified atom stereocenters. The fourth-order valence-electron chi connectivity index (χ4n) is 3.90. The molecule has 6 nitrogen and oxygen atoms in total. The zero-order valence-corrected chi connectivity index (χ0v) is 18.6. The number of aliphatic hydroxyl groups excluding tert-OH is 1. The van der Waals surface area contributed by atoms with Gasteiger partial charge in [-0.25, -0.2) is 0 Å². The third-order valence-electron chi connectivity index (χ3n) is 5.47. The van der Waals surface area contributed by atoms with Gasteiger partial charge in [-0.1, -0.05) is 24.3 Å². The molecule has 1 amide bonds. The van der Waals surface area contributed by atoms with Gasteiger partial charge in [0, 0.05) is 12.1 Å². The summed E-state index contributed by atoms with van der Waals surface area (Å²) >= 11 is 0. The molecular weight excluding hydrogens is 394 g/mol. The molecule has 0 bridgehead atoms. The first-order valence-corrected chi connectivity index (χ1v) is 10.4. The van der Waals surface area contributed by atoms with Crippen LogP contribution in [-0.4, -0.2) is 48.1 Å². The number of methoxy groups -OCH3 is 1. The predicted molar refractivity (Wildman–Crippen MR) is 119 cm³/mol. The summed E-state index contributed by atoms with van der Waals surface area (Å²) in [6, 6.07) is 12.1. The van der Waals surface area contributed by atoms with Crippen molar-refractivity contribution in [1.82, 2.24) is 4.90 Å². The van der Waals surface area contributed by atoms with Crippen LogP contribution in [0.3, 0.4) is 0 Å². The second-order valence-corrected chi connectivity index (χ2v) is 7.95. The number of aliphatic hydroxyl groups is 1. The van der Waals surface area contributed by atoms with Crippen LogP contribution >= 0.6 is 0 Å². The summed E-state index contributed by atoms with van der Waals surface area (Å²) in [7, 11) is 1.57. The molecule has 3 rings (SSSR count). The molecule has 2 aromatic rings. The highest BCUT2D eigenvalue weighted by Gasteiger charge is 2.46. The molecule has 0 saturated carbocycles. The van der Waals surface area contributed by atoms with E-state index in [0.29, 0.717) is 17.9 Å². The maximum Gasteiger partial charge on any atom is 0.295 e. The molecule has 31 heavy (non-hydrogen) atoms. The highest BCUT2D eigenvalue weighted by Crippen LogP contribution is 2.40. The summed E-state index contributed by atoms with van der Waals surface area (Å²) in [5, 5.41) is 11.2. The normalized spacial score (nSPS) is 18.1. The Kier molecular flexibility index (Phi) is 6.81. The maximum atomic E-state index is 13.1. The van der Waals surface area contributed by atoms with E-state index in [9.17, 15) is 14.7 Å². The molecule has 1 aliphatic rings. The van der Waals surface area contributed by atoms with Crippen molar-refractivity contribution in [1.29, 1.82) is 0 Å². The van der Waals surface area contributed by atoms with Crippen LogP contribution in [0.1, 0.15) is 42.1 Å². The van der Waals surface area contributed by atoms with Crippen LogP contribution in [0.5, 0.6) is 5.75 Å². The molecule has 0 aromatic heterocycles. The Morgan fingerprint density at radius 2 is 1.81 bits per heavy atom. The van der Waals surface area contributed by atoms with Gasteiger partial charge in [-0.15, -0.1) is 0 Å². The first-order valence-electron chi connectivity index (χ1n) is 10.4. The lowest BCUT2D eigenvalue weighted by Crippen LogP contribution is -2.33. The average Bonchev–Trinajstić information content (AvgIpc) is 2.98. The van der Waals surface area contributed by atoms with Crippen molar-refractivity contribution in [3.8, 4) is 5.75 Å². The van der Waals surface area contributed by atoms with Gasteiger partial charge in [0.25, 0.3) is 11.7 Å². The summed E-state index contributed by atoms with van der Waals surface area (Å²) in [4.78, 5) is 27.5. The van der Waals surface area contributed by atoms with Crippen LogP contribution in [0.2, 0.25) is 0 Å². The number of ether oxygens (including phenoxy) is 2. The Labute approximate surface area is 183 Å². The molecule has 1 heterocycles. The number of likely N-dealkylation sites (tertiary alicyclic amines) is 1. The minimum absolute atomic E-state index is 0.0102. The second-order valence-electron chi connectivity index (χ2n) is 7.95. The fraction of sp³-hybridized carbons (Fsp3) is 0.360. The van der Waals surface area contributed by atoms with Crippen LogP contribution in [-0.2, 0) is 14.3 Å². The lowest BCUT2D eigenvalue weighted by atomic mass is 9.92. The molecule has 1 atom stereocenters. The summed E-state index contributed by atoms with van der Waals surface area (Å²) < 4.78 is 10.9. The molecule has 2 aromatic carbocycles. The van der Waals surface area contributed by atoms with Gasteiger partial charge in [-0.05, 0) is 62.6 Å². The lowest BCUT2D eigenvalue weighted by Gasteiger charge is -2.26. The number of carbonyl (C=O) groups excluding carboxylic acids is 2. The first kappa shape index (κ1) is 22.6. The summed E-state index contributed by atoms with van der Waals surface area (Å²) in [6.07, 6.45) is 0.0102. The lowest BCUT2D eigenvalue weighted by molar-refractivity contribution is -0.140. The molecule has 6 heteroatoms. The molecule has 0 radical (unpaired) electrons. The summed E-state index contributed by atoms with van der Waals surface area (Å²) in [5.41, 5.74) is 3.11. The van der Waals surface area contributed by atoms with Crippen LogP contribution in [0.25, 0.3) is 5.76 Å². The predicted octanol–water partition coefficient (Wildman–Crippen LogP) is 4.16. The van der Waals surface area contributed by atoms with Crippen molar-refractivity contribution in [2.75, 3.05) is 20.3 Å². The Hall–Kier alpha value is -3.12. The zero-order chi connectivity index (χ0) is 22.7. The van der Waals surface area contributed by atoms with E-state index in [2.05, 4.69) is 0 Å². The summed E-state index contributed by atoms with van der Waals surface area (Å²) in [6.45, 7) is 8.17. The van der Waals surface area contributed by atoms with Crippen LogP contribution < -0.4 is 4.74 Å². The minimum Gasteiger partial charge on any atom is -0.507 e. The number of ketones is 1. The molecule has 1 N–H and O–H groups in total. The number of nitrogens with zero attached hydrogens (tertiary/aromatic N) is 1. The standard InChI is InChI=1S/C25H29NO5/c1-15(2)31-13-12-26-22(19-9-7-6-8-16(19)3)21(24(28)25(26)29)23(27)18-10-11-20(30-5)17(4)14-18/h6-11,14-15,22,27H,12-13H2,1-5H3/b23-21+. The number of rotatable bonds is 7. The van der Waals surface area contributed by atoms with Gasteiger partial charge < -0.3 is 19.5 Å². The average molecular weight is 424 g/mol. The molecule has 1 aliphatic heterocycles. The van der Waals surface area contributed by atoms with E-state index < -0.39 is 17.7 Å². The third kappa shape index (κ3) is 4.49. The van der Waals surface area contributed by atoms with E-state index in [0.717, 1.165) is 16.7 Å². The van der Waals surface area contributed by atoms with Crippen molar-refractivity contribution in [3.05, 3.63) is 70.3 Å². The van der Waals surface area contributed by atoms with Crippen molar-refractivity contribution in [3.63, 3.8) is 0 Å². The smallest absolute Gasteiger partial charge is 0.295 e. The minimum atomic E-state index is -0.691. The first-order chi connectivity index (χ1) is 14.8. The van der Waals surface area contributed by atoms with E-state index in [1.54, 1.807) is 25.3 Å². The number of benzene rings is 2. The van der Waals surface area contributed by atoms with Crippen LogP contribution in [0.15, 0.2) is 48.0 Å². The van der Waals surface area contributed by atoms with E-state index in [1.807, 2.05) is 52.0 Å². The molecule has 1 fully saturated rings. The van der Waals surface area contributed by atoms with Crippen molar-refractivity contribution in [2.45, 2.75) is 39.8 Å². The van der Waals surface area contributed by atoms with Crippen LogP contribution in [0, 0.1) is 13.8 Å². The highest BCUT2D eigenvalue weighted by molar-refractivity contribution is 6.46. The second kappa shape index (κ2) is 9.35. The third-order valence-corrected chi connectivity index (χ3v) is 5.47. The molecular formula is C25H29NO5. The highest BCUT2D eigenvalue weighted by atomic mass is 16.5. The van der Waals surface area contributed by atoms with Gasteiger partial charge >= 0.3 is 0 Å². The number of hydrogen-bond acceptors (Lipinski definition) is 5. The number of Topliss-reactive ketones (excluding diaryl/α,β-unsaturated/α-hetero) is 1. The number of amides is 1. The fourth-order valence-corrected chi connectivity index (χ4v) is 3.90. The number of carbonyl (C=O) groups is 2. The Morgan fingerprint density at radius 3 is 2.42 bits per heavy atom. The van der Waals surface area contributed by atoms with Crippen molar-refractivity contribution in [2.24, 2.45) is 0 Å². The quantitative estimate of drug-likeness (QED) is 0.411. The zero-order valence-electron chi connectivity index (χ0n) is 18.6. The Morgan fingerprint density at radius 1 is 1.10 bits per heavy atom. The van der Waals surface area contributed by atoms with E-state index >= 15 is 0 Å². The number of hydrogen-bond donors (Lipinski definition) is 1. The molecule has 164 valence electrons. The van der Waals surface area contributed by atoms with Crippen LogP contribution in [0.4, 0.5) is 0 Å². The van der Waals surface area contributed by atoms with Gasteiger partial charge in [0.2, 0.25) is 0 Å². The van der Waals surface area contributed by atoms with Gasteiger partial charge in [0.1, 0.15) is 11.5 Å². The van der Waals surface area contributed by atoms with Crippen molar-refractivity contribution >= 4 is 17.4 Å². The molecule has 0 spiro atoms. The van der Waals surface area contributed by atoms with E-state index in [-0.39, 0.29) is 24.0 Å². The van der Waals surface area contributed by atoms with Gasteiger partial charge in [-0.2, -0.15) is 0 Å². The van der Waals surface area contributed by atoms with E-state index in [4.69, 9.17) is 9.47 Å². The molecule has 0 aliphatic carbocycles. The van der Waals surface area contributed by atoms with Gasteiger partial charge in [0.15, 0.2) is 0 Å². The maximum absolute atomic E-state index is 13.1. The largest absolute Gasteiger partial charge is 0.507 e. The van der Waals surface area contributed by atoms with Gasteiger partial charge in [-0.3, -0.25) is 9.59 Å². The van der Waals surface area contributed by atoms with Gasteiger partial charge in [0.05, 0.1) is 31.4 Å². The Balaban J connectivity index is 2.13. The molecule has 1 saturated heterocycles. The Bertz CT molecular complexity index is 1020. The van der Waals surface area contributed by atoms with E-state index in [1.165, 1.54) is 4.90 Å². The monoisotopic (exact) mass is 423 g/mol. The number of aryl methyl sites for hydroxylation is 2. The van der Waals surface area contributed by atoms with Crippen molar-refractivity contribution < 1.29 is 24.2 Å². The SMILES string of the molecule is COc1ccc(/C(O)=C2\C(=O)C(=O)N(CCOC(C)C)C2c2ccccc2C)cc1C. The summed E-state index contributed by atoms with van der Waals surface area (Å²) in [5.74, 6) is -0.834.